The fourth-order valence-electron chi connectivity index (χ4n) is 0. The van der Waals surface area contributed by atoms with E-state index >= 15 is 0 Å². The molecule has 0 aliphatic carbocycles. The smallest absolute Gasteiger partial charge is 1.00 e. The fraction of sp³-hybridized carbons (Fsp3) is 0. The zero-order valence-electron chi connectivity index (χ0n) is 4.09. The van der Waals surface area contributed by atoms with Gasteiger partial charge in [0.05, 0.1) is 0 Å². The molecule has 0 aromatic carbocycles. The zero-order valence-corrected chi connectivity index (χ0v) is 8.61. The molecule has 0 aromatic heterocycles. The largest absolute Gasteiger partial charge is 2.00 e. The van der Waals surface area contributed by atoms with Gasteiger partial charge in [-0.1, -0.05) is 0 Å². The van der Waals surface area contributed by atoms with Gasteiger partial charge < -0.3 is 8.33 Å². The molecule has 0 unspecified atom stereocenters. The van der Waals surface area contributed by atoms with Crippen LogP contribution in [0, 0.1) is 41.7 Å². The van der Waals surface area contributed by atoms with Crippen molar-refractivity contribution in [2.24, 2.45) is 0 Å². The Balaban J connectivity index is 0. The molecule has 0 aliphatic heterocycles. The van der Waals surface area contributed by atoms with E-state index in [1.165, 1.54) is 0 Å². The molecule has 0 atom stereocenters. The van der Waals surface area contributed by atoms with Gasteiger partial charge in [0.2, 0.25) is 0 Å². The van der Waals surface area contributed by atoms with Gasteiger partial charge in [-0.05, 0) is 0 Å². The van der Waals surface area contributed by atoms with Crippen molar-refractivity contribution < 1.29 is 67.1 Å². The molecule has 0 aromatic rings. The zero-order chi connectivity index (χ0) is 0. The summed E-state index contributed by atoms with van der Waals surface area (Å²) in [5.41, 5.74) is 0. The Hall–Kier alpha value is 3.12. The normalized spacial score (nSPS) is 0. The average molecular weight is 255 g/mol. The van der Waals surface area contributed by atoms with Crippen LogP contribution in [0.2, 0.25) is 0 Å². The van der Waals surface area contributed by atoms with E-state index in [4.69, 9.17) is 0 Å². The number of hydrogen-bond donors (Lipinski definition) is 0. The summed E-state index contributed by atoms with van der Waals surface area (Å²) in [6, 6.07) is 0. The van der Waals surface area contributed by atoms with Gasteiger partial charge in [-0.15, -0.1) is 0 Å². The third-order valence-electron chi connectivity index (χ3n) is 0. The number of rotatable bonds is 0. The predicted molar refractivity (Wildman–Crippen MR) is 11.6 cm³/mol. The van der Waals surface area contributed by atoms with Gasteiger partial charge >= 0.3 is 37.7 Å². The molecule has 0 bridgehead atoms. The van der Waals surface area contributed by atoms with Crippen LogP contribution in [-0.4, -0.2) is 43.2 Å². The van der Waals surface area contributed by atoms with Crippen molar-refractivity contribution in [3.63, 3.8) is 0 Å². The van der Waals surface area contributed by atoms with Crippen LogP contribution < -0.4 is 0 Å². The van der Waals surface area contributed by atoms with Crippen LogP contribution in [0.15, 0.2) is 0 Å². The van der Waals surface area contributed by atoms with Crippen molar-refractivity contribution in [2.45, 2.75) is 0 Å². The molecule has 0 saturated heterocycles. The molecule has 0 rings (SSSR count). The quantitative estimate of drug-likeness (QED) is 0.498. The predicted octanol–water partition coefficient (Wildman–Crippen LogP) is -0.983. The van der Waals surface area contributed by atoms with Crippen LogP contribution >= 0.6 is 0 Å². The summed E-state index contributed by atoms with van der Waals surface area (Å²) >= 11 is 0. The van der Waals surface area contributed by atoms with Crippen molar-refractivity contribution in [3.05, 3.63) is 0 Å². The molecule has 0 saturated carbocycles. The van der Waals surface area contributed by atoms with Crippen LogP contribution in [0.3, 0.4) is 0 Å². The molecule has 1 radical (unpaired) electrons. The maximum absolute atomic E-state index is 0. The van der Waals surface area contributed by atoms with Gasteiger partial charge in [-0.2, -0.15) is 0 Å². The molecule has 0 aliphatic rings. The van der Waals surface area contributed by atoms with Crippen LogP contribution in [0.4, 0.5) is 0 Å². The minimum absolute atomic E-state index is 0. The van der Waals surface area contributed by atoms with Crippen molar-refractivity contribution in [1.82, 2.24) is 0 Å². The van der Waals surface area contributed by atoms with Gasteiger partial charge in [0.15, 0.2) is 0 Å². The van der Waals surface area contributed by atoms with E-state index in [1.54, 1.807) is 0 Å². The Morgan fingerprint density at radius 3 is 1.25 bits per heavy atom. The van der Waals surface area contributed by atoms with E-state index in [2.05, 4.69) is 0 Å². The SMILES string of the molecule is O.[Ca+2].[Ce].[H-].[H-].[Mn]. The summed E-state index contributed by atoms with van der Waals surface area (Å²) in [6.45, 7) is 0. The summed E-state index contributed by atoms with van der Waals surface area (Å²) < 4.78 is 0. The van der Waals surface area contributed by atoms with E-state index in [0.717, 1.165) is 0 Å². The second-order valence-corrected chi connectivity index (χ2v) is 0. The minimum Gasteiger partial charge on any atom is -1.00 e. The van der Waals surface area contributed by atoms with E-state index < -0.39 is 0 Å². The average Bonchev–Trinajstić information content (AvgIpc) is 0. The molecule has 4 heteroatoms. The van der Waals surface area contributed by atoms with Gasteiger partial charge in [0.1, 0.15) is 0 Å². The maximum atomic E-state index is 0. The summed E-state index contributed by atoms with van der Waals surface area (Å²) in [5.74, 6) is 0. The molecule has 4 heavy (non-hydrogen) atoms. The van der Waals surface area contributed by atoms with E-state index in [-0.39, 0.29) is 105 Å². The molecule has 2 N–H and O–H groups in total. The second-order valence-electron chi connectivity index (χ2n) is 0. The first-order valence-corrected chi connectivity index (χ1v) is 0. The van der Waals surface area contributed by atoms with E-state index in [9.17, 15) is 0 Å². The molecular weight excluding hydrogens is 251 g/mol. The Kier molecular flexibility index (Phi) is 113. The van der Waals surface area contributed by atoms with Crippen LogP contribution in [-0.2, 0) is 17.1 Å². The third-order valence-corrected chi connectivity index (χ3v) is 0. The van der Waals surface area contributed by atoms with Crippen molar-refractivity contribution in [3.8, 4) is 0 Å². The Morgan fingerprint density at radius 2 is 1.25 bits per heavy atom. The van der Waals surface area contributed by atoms with Crippen molar-refractivity contribution in [2.75, 3.05) is 0 Å². The van der Waals surface area contributed by atoms with E-state index in [0.29, 0.717) is 0 Å². The summed E-state index contributed by atoms with van der Waals surface area (Å²) in [7, 11) is 0. The monoisotopic (exact) mass is 255 g/mol. The van der Waals surface area contributed by atoms with Gasteiger partial charge in [0, 0.05) is 58.8 Å². The molecule has 1 nitrogen and oxygen atoms in total. The van der Waals surface area contributed by atoms with Crippen LogP contribution in [0.1, 0.15) is 2.85 Å². The second kappa shape index (κ2) is 16.5. The summed E-state index contributed by atoms with van der Waals surface area (Å²) in [4.78, 5) is 0. The molecule has 0 spiro atoms. The number of hydrogen-bond acceptors (Lipinski definition) is 0. The molecule has 0 heterocycles. The van der Waals surface area contributed by atoms with Crippen LogP contribution in [0.25, 0.3) is 0 Å². The Morgan fingerprint density at radius 1 is 1.25 bits per heavy atom. The Labute approximate surface area is 102 Å². The Bertz CT molecular complexity index is 13.5. The fourth-order valence-corrected chi connectivity index (χ4v) is 0. The molecule has 23 valence electrons. The first kappa shape index (κ1) is 27.4. The van der Waals surface area contributed by atoms with Gasteiger partial charge in [-0.3, -0.25) is 0 Å². The standard InChI is InChI=1S/Ca.Ce.Mn.H2O.2H/h;;;1H2;;/q+2;;;;2*-1. The third kappa shape index (κ3) is 8.93. The van der Waals surface area contributed by atoms with Gasteiger partial charge in [0.25, 0.3) is 0 Å². The summed E-state index contributed by atoms with van der Waals surface area (Å²) in [6.07, 6.45) is 0. The first-order chi connectivity index (χ1) is 0. The summed E-state index contributed by atoms with van der Waals surface area (Å²) in [5, 5.41) is 0. The maximum Gasteiger partial charge on any atom is 2.00 e. The first-order valence-electron chi connectivity index (χ1n) is 0. The van der Waals surface area contributed by atoms with Gasteiger partial charge in [-0.25, -0.2) is 0 Å². The molecule has 0 fully saturated rings. The van der Waals surface area contributed by atoms with Crippen LogP contribution in [0.5, 0.6) is 0 Å². The topological polar surface area (TPSA) is 31.5 Å². The molecular formula is H4CaCeMnO. The molecule has 0 amide bonds. The van der Waals surface area contributed by atoms with Crippen molar-refractivity contribution >= 4 is 37.7 Å². The van der Waals surface area contributed by atoms with E-state index in [1.807, 2.05) is 0 Å². The van der Waals surface area contributed by atoms with Crippen molar-refractivity contribution in [1.29, 1.82) is 0 Å². The minimum atomic E-state index is 0.